The van der Waals surface area contributed by atoms with Crippen LogP contribution in [0.5, 0.6) is 0 Å². The number of hydrogen-bond donors (Lipinski definition) is 1. The van der Waals surface area contributed by atoms with Crippen LogP contribution in [0.3, 0.4) is 0 Å². The summed E-state index contributed by atoms with van der Waals surface area (Å²) in [6.07, 6.45) is 4.03. The molecule has 0 saturated carbocycles. The molecule has 0 bridgehead atoms. The fraction of sp³-hybridized carbons (Fsp3) is 0.636. The number of rotatable bonds is 3. The van der Waals surface area contributed by atoms with Gasteiger partial charge in [0.25, 0.3) is 0 Å². The first-order chi connectivity index (χ1) is 8.88. The van der Waals surface area contributed by atoms with Crippen LogP contribution in [0.15, 0.2) is 17.3 Å². The number of aromatic nitrogens is 2. The third kappa shape index (κ3) is 3.62. The Kier molecular flexibility index (Phi) is 4.39. The van der Waals surface area contributed by atoms with E-state index in [0.29, 0.717) is 6.04 Å². The first kappa shape index (κ1) is 14.6. The van der Waals surface area contributed by atoms with Crippen LogP contribution < -0.4 is 4.72 Å². The molecule has 6 nitrogen and oxygen atoms in total. The average molecular weight is 305 g/mol. The molecular weight excluding hydrogens is 288 g/mol. The van der Waals surface area contributed by atoms with Gasteiger partial charge in [-0.3, -0.25) is 0 Å². The van der Waals surface area contributed by atoms with Crippen LogP contribution in [0, 0.1) is 0 Å². The van der Waals surface area contributed by atoms with Crippen LogP contribution in [0.1, 0.15) is 19.8 Å². The fourth-order valence-electron chi connectivity index (χ4n) is 2.12. The first-order valence-corrected chi connectivity index (χ1v) is 7.95. The van der Waals surface area contributed by atoms with Crippen molar-refractivity contribution in [3.05, 3.63) is 17.7 Å². The molecule has 2 rings (SSSR count). The molecule has 0 aromatic carbocycles. The first-order valence-electron chi connectivity index (χ1n) is 6.08. The molecule has 0 aliphatic carbocycles. The minimum Gasteiger partial charge on any atom is -0.304 e. The summed E-state index contributed by atoms with van der Waals surface area (Å²) < 4.78 is 27.0. The van der Waals surface area contributed by atoms with E-state index in [1.165, 1.54) is 12.4 Å². The van der Waals surface area contributed by atoms with Crippen molar-refractivity contribution in [2.24, 2.45) is 0 Å². The Morgan fingerprint density at radius 3 is 2.63 bits per heavy atom. The summed E-state index contributed by atoms with van der Waals surface area (Å²) in [5.41, 5.74) is 0. The molecule has 0 spiro atoms. The summed E-state index contributed by atoms with van der Waals surface area (Å²) in [4.78, 5) is 9.65. The summed E-state index contributed by atoms with van der Waals surface area (Å²) in [6.45, 7) is 2.97. The zero-order valence-corrected chi connectivity index (χ0v) is 12.4. The van der Waals surface area contributed by atoms with Gasteiger partial charge in [-0.2, -0.15) is 0 Å². The van der Waals surface area contributed by atoms with Crippen molar-refractivity contribution < 1.29 is 8.42 Å². The molecule has 1 saturated heterocycles. The third-order valence-electron chi connectivity index (χ3n) is 3.44. The summed E-state index contributed by atoms with van der Waals surface area (Å²) >= 11 is 5.55. The molecule has 2 unspecified atom stereocenters. The minimum atomic E-state index is -3.57. The maximum Gasteiger partial charge on any atom is 0.243 e. The lowest BCUT2D eigenvalue weighted by Crippen LogP contribution is -2.47. The molecule has 1 aliphatic rings. The van der Waals surface area contributed by atoms with E-state index in [1.54, 1.807) is 0 Å². The molecule has 0 amide bonds. The lowest BCUT2D eigenvalue weighted by molar-refractivity contribution is 0.178. The van der Waals surface area contributed by atoms with Crippen LogP contribution in [0.25, 0.3) is 0 Å². The molecule has 1 aliphatic heterocycles. The van der Waals surface area contributed by atoms with E-state index in [-0.39, 0.29) is 16.2 Å². The highest BCUT2D eigenvalue weighted by atomic mass is 35.5. The van der Waals surface area contributed by atoms with Crippen LogP contribution in [0.2, 0.25) is 5.28 Å². The molecule has 2 atom stereocenters. The Labute approximate surface area is 118 Å². The van der Waals surface area contributed by atoms with Crippen LogP contribution in [0.4, 0.5) is 0 Å². The summed E-state index contributed by atoms with van der Waals surface area (Å²) in [5.74, 6) is 0. The highest BCUT2D eigenvalue weighted by Gasteiger charge is 2.27. The third-order valence-corrected chi connectivity index (χ3v) is 5.11. The molecular formula is C11H17ClN4O2S. The summed E-state index contributed by atoms with van der Waals surface area (Å²) in [6, 6.07) is 0.315. The van der Waals surface area contributed by atoms with E-state index in [4.69, 9.17) is 11.6 Å². The Hall–Kier alpha value is -0.760. The zero-order chi connectivity index (χ0) is 14.0. The van der Waals surface area contributed by atoms with Crippen molar-refractivity contribution in [3.8, 4) is 0 Å². The standard InChI is InChI=1S/C11H17ClN4O2S/c1-8-5-9(3-4-16(8)2)15-19(17,18)10-6-13-11(12)14-7-10/h6-9,15H,3-5H2,1-2H3. The predicted molar refractivity (Wildman–Crippen MR) is 72.5 cm³/mol. The summed E-state index contributed by atoms with van der Waals surface area (Å²) in [7, 11) is -1.53. The van der Waals surface area contributed by atoms with Crippen LogP contribution >= 0.6 is 11.6 Å². The lowest BCUT2D eigenvalue weighted by atomic mass is 10.0. The maximum atomic E-state index is 12.2. The fourth-order valence-corrected chi connectivity index (χ4v) is 3.39. The molecule has 1 N–H and O–H groups in total. The van der Waals surface area contributed by atoms with Gasteiger partial charge in [-0.15, -0.1) is 0 Å². The molecule has 2 heterocycles. The Balaban J connectivity index is 2.07. The van der Waals surface area contributed by atoms with Gasteiger partial charge in [0.2, 0.25) is 15.3 Å². The second-order valence-corrected chi connectivity index (χ2v) is 6.91. The number of halogens is 1. The Morgan fingerprint density at radius 2 is 2.05 bits per heavy atom. The quantitative estimate of drug-likeness (QED) is 0.840. The van der Waals surface area contributed by atoms with Crippen molar-refractivity contribution in [1.82, 2.24) is 19.6 Å². The second kappa shape index (κ2) is 5.70. The highest BCUT2D eigenvalue weighted by molar-refractivity contribution is 7.89. The molecule has 0 radical (unpaired) electrons. The second-order valence-electron chi connectivity index (χ2n) is 4.86. The van der Waals surface area contributed by atoms with Crippen molar-refractivity contribution in [2.45, 2.75) is 36.7 Å². The normalized spacial score (nSPS) is 25.4. The number of nitrogens with zero attached hydrogens (tertiary/aromatic N) is 3. The van der Waals surface area contributed by atoms with E-state index in [9.17, 15) is 8.42 Å². The largest absolute Gasteiger partial charge is 0.304 e. The Bertz CT molecular complexity index is 534. The minimum absolute atomic E-state index is 0.0341. The number of hydrogen-bond acceptors (Lipinski definition) is 5. The van der Waals surface area contributed by atoms with Gasteiger partial charge in [0.05, 0.1) is 12.4 Å². The van der Waals surface area contributed by atoms with Crippen LogP contribution in [-0.2, 0) is 10.0 Å². The highest BCUT2D eigenvalue weighted by Crippen LogP contribution is 2.18. The zero-order valence-electron chi connectivity index (χ0n) is 10.9. The summed E-state index contributed by atoms with van der Waals surface area (Å²) in [5, 5.41) is 0.0341. The Morgan fingerprint density at radius 1 is 1.42 bits per heavy atom. The SMILES string of the molecule is CC1CC(NS(=O)(=O)c2cnc(Cl)nc2)CCN1C. The van der Waals surface area contributed by atoms with Crippen molar-refractivity contribution in [1.29, 1.82) is 0 Å². The molecule has 19 heavy (non-hydrogen) atoms. The van der Waals surface area contributed by atoms with Gasteiger partial charge < -0.3 is 4.90 Å². The van der Waals surface area contributed by atoms with Gasteiger partial charge in [0, 0.05) is 12.1 Å². The molecule has 8 heteroatoms. The monoisotopic (exact) mass is 304 g/mol. The number of nitrogens with one attached hydrogen (secondary N) is 1. The van der Waals surface area contributed by atoms with Gasteiger partial charge in [-0.25, -0.2) is 23.1 Å². The van der Waals surface area contributed by atoms with E-state index in [2.05, 4.69) is 26.5 Å². The number of sulfonamides is 1. The van der Waals surface area contributed by atoms with Crippen LogP contribution in [-0.4, -0.2) is 49.0 Å². The van der Waals surface area contributed by atoms with Gasteiger partial charge in [-0.1, -0.05) is 0 Å². The lowest BCUT2D eigenvalue weighted by Gasteiger charge is -2.35. The van der Waals surface area contributed by atoms with Crippen molar-refractivity contribution in [3.63, 3.8) is 0 Å². The van der Waals surface area contributed by atoms with E-state index in [1.807, 2.05) is 7.05 Å². The van der Waals surface area contributed by atoms with E-state index >= 15 is 0 Å². The number of likely N-dealkylation sites (tertiary alicyclic amines) is 1. The topological polar surface area (TPSA) is 75.2 Å². The number of piperidine rings is 1. The molecule has 106 valence electrons. The molecule has 1 aromatic heterocycles. The van der Waals surface area contributed by atoms with Gasteiger partial charge in [0.15, 0.2) is 0 Å². The van der Waals surface area contributed by atoms with E-state index in [0.717, 1.165) is 19.4 Å². The maximum absolute atomic E-state index is 12.2. The molecule has 1 fully saturated rings. The van der Waals surface area contributed by atoms with Gasteiger partial charge in [-0.05, 0) is 45.0 Å². The molecule has 1 aromatic rings. The van der Waals surface area contributed by atoms with Gasteiger partial charge in [0.1, 0.15) is 4.90 Å². The smallest absolute Gasteiger partial charge is 0.243 e. The average Bonchev–Trinajstić information content (AvgIpc) is 2.34. The van der Waals surface area contributed by atoms with Crippen molar-refractivity contribution in [2.75, 3.05) is 13.6 Å². The van der Waals surface area contributed by atoms with E-state index < -0.39 is 10.0 Å². The van der Waals surface area contributed by atoms with Gasteiger partial charge >= 0.3 is 0 Å². The predicted octanol–water partition coefficient (Wildman–Crippen LogP) is 0.891. The van der Waals surface area contributed by atoms with Crippen molar-refractivity contribution >= 4 is 21.6 Å².